The van der Waals surface area contributed by atoms with Gasteiger partial charge in [-0.1, -0.05) is 19.1 Å². The van der Waals surface area contributed by atoms with Crippen molar-refractivity contribution in [1.82, 2.24) is 10.6 Å². The van der Waals surface area contributed by atoms with E-state index in [1.54, 1.807) is 11.8 Å². The van der Waals surface area contributed by atoms with Crippen molar-refractivity contribution in [3.05, 3.63) is 29.8 Å². The quantitative estimate of drug-likeness (QED) is 0.757. The minimum absolute atomic E-state index is 0.104. The molecular weight excluding hydrogens is 280 g/mol. The molecule has 0 aliphatic rings. The van der Waals surface area contributed by atoms with Crippen LogP contribution in [0, 0.1) is 0 Å². The Morgan fingerprint density at radius 2 is 1.86 bits per heavy atom. The summed E-state index contributed by atoms with van der Waals surface area (Å²) in [6.07, 6.45) is 0.964. The number of thioether (sulfide) groups is 1. The summed E-state index contributed by atoms with van der Waals surface area (Å²) in [4.78, 5) is 12.9. The van der Waals surface area contributed by atoms with Crippen molar-refractivity contribution < 1.29 is 4.79 Å². The summed E-state index contributed by atoms with van der Waals surface area (Å²) in [5.41, 5.74) is 1.39. The van der Waals surface area contributed by atoms with Crippen molar-refractivity contribution in [2.75, 3.05) is 5.75 Å². The maximum Gasteiger partial charge on any atom is 0.230 e. The minimum atomic E-state index is 0.104. The molecule has 0 saturated carbocycles. The largest absolute Gasteiger partial charge is 0.353 e. The lowest BCUT2D eigenvalue weighted by molar-refractivity contribution is -0.119. The number of carbonyl (C=O) groups excluding carboxylic acids is 1. The van der Waals surface area contributed by atoms with E-state index in [1.807, 2.05) is 6.92 Å². The molecule has 1 rings (SSSR count). The van der Waals surface area contributed by atoms with Gasteiger partial charge in [-0.15, -0.1) is 11.8 Å². The topological polar surface area (TPSA) is 41.1 Å². The van der Waals surface area contributed by atoms with Crippen molar-refractivity contribution in [2.24, 2.45) is 0 Å². The highest BCUT2D eigenvalue weighted by Gasteiger charge is 2.09. The Balaban J connectivity index is 2.39. The molecule has 1 atom stereocenters. The zero-order valence-corrected chi connectivity index (χ0v) is 14.6. The smallest absolute Gasteiger partial charge is 0.230 e. The van der Waals surface area contributed by atoms with E-state index in [9.17, 15) is 4.79 Å². The van der Waals surface area contributed by atoms with Gasteiger partial charge in [-0.05, 0) is 51.8 Å². The van der Waals surface area contributed by atoms with Crippen molar-refractivity contribution in [2.45, 2.75) is 64.1 Å². The summed E-state index contributed by atoms with van der Waals surface area (Å²) < 4.78 is 0. The van der Waals surface area contributed by atoms with Crippen LogP contribution < -0.4 is 10.6 Å². The van der Waals surface area contributed by atoms with Crippen LogP contribution >= 0.6 is 11.8 Å². The zero-order valence-electron chi connectivity index (χ0n) is 13.8. The van der Waals surface area contributed by atoms with Crippen LogP contribution in [0.2, 0.25) is 0 Å². The molecule has 3 nitrogen and oxygen atoms in total. The van der Waals surface area contributed by atoms with Gasteiger partial charge in [-0.3, -0.25) is 4.79 Å². The molecule has 2 N–H and O–H groups in total. The number of nitrogens with one attached hydrogen (secondary N) is 2. The fourth-order valence-electron chi connectivity index (χ4n) is 1.64. The predicted molar refractivity (Wildman–Crippen MR) is 91.7 cm³/mol. The Hall–Kier alpha value is -1.00. The highest BCUT2D eigenvalue weighted by molar-refractivity contribution is 8.00. The van der Waals surface area contributed by atoms with Gasteiger partial charge in [0.1, 0.15) is 0 Å². The van der Waals surface area contributed by atoms with Crippen LogP contribution in [0.4, 0.5) is 0 Å². The molecule has 118 valence electrons. The molecule has 21 heavy (non-hydrogen) atoms. The first kappa shape index (κ1) is 18.1. The highest BCUT2D eigenvalue weighted by atomic mass is 32.2. The Labute approximate surface area is 133 Å². The Bertz CT molecular complexity index is 437. The summed E-state index contributed by atoms with van der Waals surface area (Å²) in [5.74, 6) is 0.581. The van der Waals surface area contributed by atoms with E-state index in [-0.39, 0.29) is 17.5 Å². The third-order valence-electron chi connectivity index (χ3n) is 3.14. The fraction of sp³-hybridized carbons (Fsp3) is 0.588. The lowest BCUT2D eigenvalue weighted by atomic mass is 10.1. The van der Waals surface area contributed by atoms with Gasteiger partial charge in [0.25, 0.3) is 0 Å². The number of rotatable bonds is 7. The third kappa shape index (κ3) is 8.12. The van der Waals surface area contributed by atoms with Crippen LogP contribution in [0.25, 0.3) is 0 Å². The predicted octanol–water partition coefficient (Wildman–Crippen LogP) is 3.58. The monoisotopic (exact) mass is 308 g/mol. The number of hydrogen-bond donors (Lipinski definition) is 2. The summed E-state index contributed by atoms with van der Waals surface area (Å²) in [6, 6.07) is 8.66. The molecule has 1 unspecified atom stereocenters. The Kier molecular flexibility index (Phi) is 7.26. The van der Waals surface area contributed by atoms with E-state index in [2.05, 4.69) is 62.6 Å². The van der Waals surface area contributed by atoms with Gasteiger partial charge in [0.15, 0.2) is 0 Å². The van der Waals surface area contributed by atoms with Crippen LogP contribution in [0.5, 0.6) is 0 Å². The van der Waals surface area contributed by atoms with Crippen LogP contribution in [0.3, 0.4) is 0 Å². The van der Waals surface area contributed by atoms with Gasteiger partial charge in [0.05, 0.1) is 5.75 Å². The normalized spacial score (nSPS) is 13.0. The molecule has 0 aliphatic heterocycles. The fourth-order valence-corrected chi connectivity index (χ4v) is 2.35. The van der Waals surface area contributed by atoms with E-state index in [1.165, 1.54) is 5.56 Å². The number of carbonyl (C=O) groups is 1. The number of amides is 1. The van der Waals surface area contributed by atoms with E-state index in [0.717, 1.165) is 17.9 Å². The molecule has 0 fully saturated rings. The summed E-state index contributed by atoms with van der Waals surface area (Å²) in [7, 11) is 0. The second-order valence-corrected chi connectivity index (χ2v) is 7.46. The first-order valence-corrected chi connectivity index (χ1v) is 8.55. The van der Waals surface area contributed by atoms with Crippen LogP contribution in [-0.4, -0.2) is 23.2 Å². The maximum absolute atomic E-state index is 11.7. The molecule has 0 radical (unpaired) electrons. The molecule has 0 aliphatic carbocycles. The second-order valence-electron chi connectivity index (χ2n) is 6.41. The summed E-state index contributed by atoms with van der Waals surface area (Å²) in [6.45, 7) is 11.4. The summed E-state index contributed by atoms with van der Waals surface area (Å²) >= 11 is 1.58. The van der Waals surface area contributed by atoms with Gasteiger partial charge >= 0.3 is 0 Å². The highest BCUT2D eigenvalue weighted by Crippen LogP contribution is 2.18. The molecule has 0 bridgehead atoms. The van der Waals surface area contributed by atoms with E-state index in [0.29, 0.717) is 5.75 Å². The molecule has 1 aromatic rings. The van der Waals surface area contributed by atoms with E-state index in [4.69, 9.17) is 0 Å². The van der Waals surface area contributed by atoms with Crippen LogP contribution in [0.15, 0.2) is 29.2 Å². The van der Waals surface area contributed by atoms with E-state index >= 15 is 0 Å². The molecule has 0 aromatic heterocycles. The number of benzene rings is 1. The van der Waals surface area contributed by atoms with Gasteiger partial charge in [-0.25, -0.2) is 0 Å². The molecule has 0 heterocycles. The van der Waals surface area contributed by atoms with Gasteiger partial charge in [0, 0.05) is 23.0 Å². The lowest BCUT2D eigenvalue weighted by Crippen LogP contribution is -2.35. The average Bonchev–Trinajstić information content (AvgIpc) is 2.43. The molecule has 1 amide bonds. The maximum atomic E-state index is 11.7. The SMILES string of the molecule is CCC(C)NC(=O)CSc1ccc(CNC(C)(C)C)cc1. The van der Waals surface area contributed by atoms with Gasteiger partial charge in [0.2, 0.25) is 5.91 Å². The standard InChI is InChI=1S/C17H28N2OS/c1-6-13(2)19-16(20)12-21-15-9-7-14(8-10-15)11-18-17(3,4)5/h7-10,13,18H,6,11-12H2,1-5H3,(H,19,20). The van der Waals surface area contributed by atoms with E-state index < -0.39 is 0 Å². The minimum Gasteiger partial charge on any atom is -0.353 e. The molecule has 0 saturated heterocycles. The molecule has 0 spiro atoms. The molecule has 1 aromatic carbocycles. The van der Waals surface area contributed by atoms with Crippen molar-refractivity contribution in [3.8, 4) is 0 Å². The first-order valence-electron chi connectivity index (χ1n) is 7.56. The Morgan fingerprint density at radius 3 is 2.38 bits per heavy atom. The van der Waals surface area contributed by atoms with Crippen LogP contribution in [-0.2, 0) is 11.3 Å². The first-order chi connectivity index (χ1) is 9.80. The van der Waals surface area contributed by atoms with Gasteiger partial charge < -0.3 is 10.6 Å². The average molecular weight is 308 g/mol. The third-order valence-corrected chi connectivity index (χ3v) is 4.15. The summed E-state index contributed by atoms with van der Waals surface area (Å²) in [5, 5.41) is 6.44. The van der Waals surface area contributed by atoms with Crippen LogP contribution in [0.1, 0.15) is 46.6 Å². The van der Waals surface area contributed by atoms with Crippen molar-refractivity contribution >= 4 is 17.7 Å². The number of hydrogen-bond acceptors (Lipinski definition) is 3. The molecule has 4 heteroatoms. The zero-order chi connectivity index (χ0) is 15.9. The second kappa shape index (κ2) is 8.44. The lowest BCUT2D eigenvalue weighted by Gasteiger charge is -2.20. The Morgan fingerprint density at radius 1 is 1.24 bits per heavy atom. The van der Waals surface area contributed by atoms with Crippen molar-refractivity contribution in [3.63, 3.8) is 0 Å². The van der Waals surface area contributed by atoms with Crippen molar-refractivity contribution in [1.29, 1.82) is 0 Å². The molecular formula is C17H28N2OS. The van der Waals surface area contributed by atoms with Gasteiger partial charge in [-0.2, -0.15) is 0 Å².